The number of hydrogen-bond acceptors (Lipinski definition) is 5. The summed E-state index contributed by atoms with van der Waals surface area (Å²) in [6.45, 7) is 1.27. The molecule has 3 N–H and O–H groups in total. The highest BCUT2D eigenvalue weighted by molar-refractivity contribution is 9.10. The number of rotatable bonds is 8. The monoisotopic (exact) mass is 594 g/mol. The summed E-state index contributed by atoms with van der Waals surface area (Å²) in [5.74, 6) is -0.785. The van der Waals surface area contributed by atoms with E-state index < -0.39 is 11.8 Å². The normalized spacial score (nSPS) is 14.6. The van der Waals surface area contributed by atoms with Crippen molar-refractivity contribution in [3.63, 3.8) is 0 Å². The van der Waals surface area contributed by atoms with Crippen molar-refractivity contribution in [2.75, 3.05) is 13.2 Å². The van der Waals surface area contributed by atoms with Crippen molar-refractivity contribution in [1.29, 1.82) is 0 Å². The molecular formula is C28H27BrN4O4S. The van der Waals surface area contributed by atoms with E-state index in [-0.39, 0.29) is 23.3 Å². The van der Waals surface area contributed by atoms with Gasteiger partial charge < -0.3 is 9.64 Å². The number of carbonyl (C=O) groups excluding carboxylic acids is 3. The third-order valence-corrected chi connectivity index (χ3v) is 6.84. The van der Waals surface area contributed by atoms with E-state index in [1.807, 2.05) is 60.7 Å². The highest BCUT2D eigenvalue weighted by Gasteiger charge is 2.34. The van der Waals surface area contributed by atoms with Crippen LogP contribution in [0.5, 0.6) is 5.75 Å². The molecular weight excluding hydrogens is 568 g/mol. The fraction of sp³-hybridized carbons (Fsp3) is 0.214. The minimum Gasteiger partial charge on any atom is -0.492 e. The predicted molar refractivity (Wildman–Crippen MR) is 151 cm³/mol. The lowest BCUT2D eigenvalue weighted by molar-refractivity contribution is -0.129. The summed E-state index contributed by atoms with van der Waals surface area (Å²) in [5.41, 5.74) is 7.57. The molecule has 1 unspecified atom stereocenters. The summed E-state index contributed by atoms with van der Waals surface area (Å²) in [6, 6.07) is 24.6. The summed E-state index contributed by atoms with van der Waals surface area (Å²) in [6.07, 6.45) is 0.883. The zero-order valence-electron chi connectivity index (χ0n) is 20.5. The molecule has 196 valence electrons. The Morgan fingerprint density at radius 3 is 2.34 bits per heavy atom. The molecule has 4 rings (SSSR count). The van der Waals surface area contributed by atoms with Gasteiger partial charge >= 0.3 is 0 Å². The van der Waals surface area contributed by atoms with Gasteiger partial charge in [-0.1, -0.05) is 60.7 Å². The number of ether oxygens (including phenoxy) is 1. The molecule has 0 spiro atoms. The van der Waals surface area contributed by atoms with Gasteiger partial charge in [0.15, 0.2) is 5.11 Å². The molecule has 3 amide bonds. The molecule has 3 aromatic carbocycles. The third-order valence-electron chi connectivity index (χ3n) is 6.01. The fourth-order valence-corrected chi connectivity index (χ4v) is 4.65. The molecule has 0 aromatic heterocycles. The summed E-state index contributed by atoms with van der Waals surface area (Å²) < 4.78 is 6.46. The van der Waals surface area contributed by atoms with Crippen molar-refractivity contribution >= 4 is 51.0 Å². The van der Waals surface area contributed by atoms with Gasteiger partial charge in [-0.3, -0.25) is 30.6 Å². The molecule has 1 fully saturated rings. The van der Waals surface area contributed by atoms with Crippen molar-refractivity contribution in [1.82, 2.24) is 21.1 Å². The molecule has 1 heterocycles. The van der Waals surface area contributed by atoms with Crippen LogP contribution < -0.4 is 20.9 Å². The number of hydrazine groups is 1. The van der Waals surface area contributed by atoms with Crippen molar-refractivity contribution < 1.29 is 19.1 Å². The number of carbonyl (C=O) groups is 3. The van der Waals surface area contributed by atoms with E-state index in [4.69, 9.17) is 17.0 Å². The number of nitrogens with zero attached hydrogens (tertiary/aromatic N) is 1. The second-order valence-corrected chi connectivity index (χ2v) is 10.1. The molecule has 10 heteroatoms. The molecule has 1 aliphatic rings. The lowest BCUT2D eigenvalue weighted by Gasteiger charge is -2.17. The highest BCUT2D eigenvalue weighted by atomic mass is 79.9. The Labute approximate surface area is 234 Å². The van der Waals surface area contributed by atoms with E-state index in [1.165, 1.54) is 5.56 Å². The van der Waals surface area contributed by atoms with Gasteiger partial charge in [0.1, 0.15) is 5.75 Å². The van der Waals surface area contributed by atoms with E-state index in [1.54, 1.807) is 23.1 Å². The predicted octanol–water partition coefficient (Wildman–Crippen LogP) is 3.75. The minimum atomic E-state index is -0.511. The van der Waals surface area contributed by atoms with E-state index in [0.29, 0.717) is 35.5 Å². The summed E-state index contributed by atoms with van der Waals surface area (Å²) >= 11 is 8.59. The molecule has 0 aliphatic carbocycles. The summed E-state index contributed by atoms with van der Waals surface area (Å²) in [7, 11) is 0. The third kappa shape index (κ3) is 7.62. The molecule has 1 aliphatic heterocycles. The van der Waals surface area contributed by atoms with Crippen LogP contribution in [0.15, 0.2) is 83.3 Å². The van der Waals surface area contributed by atoms with Crippen LogP contribution in [-0.4, -0.2) is 40.9 Å². The van der Waals surface area contributed by atoms with E-state index in [2.05, 4.69) is 32.1 Å². The quantitative estimate of drug-likeness (QED) is 0.271. The lowest BCUT2D eigenvalue weighted by atomic mass is 10.1. The van der Waals surface area contributed by atoms with Crippen LogP contribution in [0.3, 0.4) is 0 Å². The Kier molecular flexibility index (Phi) is 9.45. The first-order valence-corrected chi connectivity index (χ1v) is 13.3. The molecule has 0 bridgehead atoms. The number of benzene rings is 3. The first-order chi connectivity index (χ1) is 18.4. The largest absolute Gasteiger partial charge is 0.492 e. The Balaban J connectivity index is 1.20. The van der Waals surface area contributed by atoms with Gasteiger partial charge in [-0.15, -0.1) is 0 Å². The second kappa shape index (κ2) is 13.2. The van der Waals surface area contributed by atoms with Crippen molar-refractivity contribution in [3.8, 4) is 5.75 Å². The van der Waals surface area contributed by atoms with Gasteiger partial charge in [-0.2, -0.15) is 0 Å². The maximum atomic E-state index is 12.6. The number of thiocarbonyl (C=S) groups is 1. The van der Waals surface area contributed by atoms with Crippen LogP contribution in [0, 0.1) is 5.92 Å². The smallest absolute Gasteiger partial charge is 0.257 e. The van der Waals surface area contributed by atoms with Crippen LogP contribution >= 0.6 is 28.1 Å². The first-order valence-electron chi connectivity index (χ1n) is 12.1. The number of likely N-dealkylation sites (tertiary alicyclic amines) is 1. The van der Waals surface area contributed by atoms with Gasteiger partial charge in [-0.25, -0.2) is 0 Å². The Hall–Kier alpha value is -3.76. The molecule has 0 saturated carbocycles. The van der Waals surface area contributed by atoms with Gasteiger partial charge in [0, 0.05) is 31.5 Å². The van der Waals surface area contributed by atoms with E-state index in [9.17, 15) is 14.4 Å². The average Bonchev–Trinajstić information content (AvgIpc) is 3.29. The fourth-order valence-electron chi connectivity index (χ4n) is 4.01. The topological polar surface area (TPSA) is 99.8 Å². The zero-order chi connectivity index (χ0) is 26.9. The molecule has 1 saturated heterocycles. The van der Waals surface area contributed by atoms with Gasteiger partial charge in [0.2, 0.25) is 11.8 Å². The number of hydrogen-bond donors (Lipinski definition) is 3. The summed E-state index contributed by atoms with van der Waals surface area (Å²) in [5, 5.41) is 2.47. The molecule has 3 aromatic rings. The first kappa shape index (κ1) is 27.3. The SMILES string of the molecule is O=C(NC(=S)NNC(=O)C1CC(=O)N(Cc2ccccc2)C1)c1ccc(OCCc2ccccc2)c(Br)c1. The number of amides is 3. The van der Waals surface area contributed by atoms with Crippen LogP contribution in [0.2, 0.25) is 0 Å². The van der Waals surface area contributed by atoms with Crippen LogP contribution in [0.1, 0.15) is 27.9 Å². The van der Waals surface area contributed by atoms with Crippen molar-refractivity contribution in [2.45, 2.75) is 19.4 Å². The van der Waals surface area contributed by atoms with Crippen LogP contribution in [-0.2, 0) is 22.6 Å². The summed E-state index contributed by atoms with van der Waals surface area (Å²) in [4.78, 5) is 39.2. The Morgan fingerprint density at radius 1 is 0.974 bits per heavy atom. The molecule has 0 radical (unpaired) electrons. The minimum absolute atomic E-state index is 0.0619. The molecule has 38 heavy (non-hydrogen) atoms. The van der Waals surface area contributed by atoms with Crippen molar-refractivity contribution in [2.24, 2.45) is 5.92 Å². The maximum absolute atomic E-state index is 12.6. The Bertz CT molecular complexity index is 1310. The van der Waals surface area contributed by atoms with E-state index in [0.717, 1.165) is 12.0 Å². The van der Waals surface area contributed by atoms with Gasteiger partial charge in [0.05, 0.1) is 17.0 Å². The molecule has 8 nitrogen and oxygen atoms in total. The zero-order valence-corrected chi connectivity index (χ0v) is 22.9. The van der Waals surface area contributed by atoms with Crippen LogP contribution in [0.4, 0.5) is 0 Å². The Morgan fingerprint density at radius 2 is 1.66 bits per heavy atom. The average molecular weight is 596 g/mol. The van der Waals surface area contributed by atoms with Crippen LogP contribution in [0.25, 0.3) is 0 Å². The van der Waals surface area contributed by atoms with E-state index >= 15 is 0 Å². The number of nitrogens with one attached hydrogen (secondary N) is 3. The van der Waals surface area contributed by atoms with Crippen molar-refractivity contribution in [3.05, 3.63) is 100 Å². The van der Waals surface area contributed by atoms with Gasteiger partial charge in [-0.05, 0) is 57.5 Å². The molecule has 1 atom stereocenters. The second-order valence-electron chi connectivity index (χ2n) is 8.79. The lowest BCUT2D eigenvalue weighted by Crippen LogP contribution is -2.50. The van der Waals surface area contributed by atoms with Gasteiger partial charge in [0.25, 0.3) is 5.91 Å². The highest BCUT2D eigenvalue weighted by Crippen LogP contribution is 2.26. The number of halogens is 1. The maximum Gasteiger partial charge on any atom is 0.257 e. The standard InChI is InChI=1S/C28H27BrN4O4S/c29-23-15-21(11-12-24(23)37-14-13-19-7-3-1-4-8-19)26(35)30-28(38)32-31-27(36)22-16-25(34)33(18-22)17-20-9-5-2-6-10-20/h1-12,15,22H,13-14,16-18H2,(H,31,36)(H2,30,32,35,38).